The summed E-state index contributed by atoms with van der Waals surface area (Å²) in [5.41, 5.74) is 1.63. The Morgan fingerprint density at radius 1 is 0.970 bits per heavy atom. The second-order valence-electron chi connectivity index (χ2n) is 7.90. The number of benzene rings is 2. The van der Waals surface area contributed by atoms with E-state index in [1.807, 2.05) is 35.7 Å². The number of hydrogen-bond donors (Lipinski definition) is 1. The first-order valence-corrected chi connectivity index (χ1v) is 13.2. The molecular formula is C24H26FN3O3S2. The molecule has 1 N–H and O–H groups in total. The number of rotatable bonds is 8. The SMILES string of the molecule is O=C(CN[C@H](c1ccc(F)cc1)c1cccs1)N1CCN(S(=O)(=O)Cc2ccccc2)CC1. The third-order valence-corrected chi connectivity index (χ3v) is 8.45. The van der Waals surface area contributed by atoms with Crippen molar-refractivity contribution in [3.05, 3.63) is 93.9 Å². The van der Waals surface area contributed by atoms with Crippen LogP contribution in [0.5, 0.6) is 0 Å². The number of nitrogens with one attached hydrogen (secondary N) is 1. The van der Waals surface area contributed by atoms with Gasteiger partial charge in [0.15, 0.2) is 0 Å². The molecule has 1 amide bonds. The molecule has 2 heterocycles. The number of hydrogen-bond acceptors (Lipinski definition) is 5. The molecule has 0 saturated carbocycles. The lowest BCUT2D eigenvalue weighted by atomic mass is 10.1. The fourth-order valence-corrected chi connectivity index (χ4v) is 6.23. The van der Waals surface area contributed by atoms with Crippen LogP contribution in [0.25, 0.3) is 0 Å². The summed E-state index contributed by atoms with van der Waals surface area (Å²) in [6, 6.07) is 19.1. The van der Waals surface area contributed by atoms with Gasteiger partial charge in [0.2, 0.25) is 15.9 Å². The van der Waals surface area contributed by atoms with Gasteiger partial charge in [-0.25, -0.2) is 12.8 Å². The Hall–Kier alpha value is -2.59. The maximum Gasteiger partial charge on any atom is 0.236 e. The van der Waals surface area contributed by atoms with Gasteiger partial charge in [0.1, 0.15) is 5.82 Å². The van der Waals surface area contributed by atoms with E-state index in [1.165, 1.54) is 16.4 Å². The Balaban J connectivity index is 1.33. The molecular weight excluding hydrogens is 461 g/mol. The van der Waals surface area contributed by atoms with E-state index in [0.717, 1.165) is 16.0 Å². The molecule has 1 atom stereocenters. The molecule has 0 unspecified atom stereocenters. The van der Waals surface area contributed by atoms with Crippen LogP contribution in [0.1, 0.15) is 22.0 Å². The van der Waals surface area contributed by atoms with E-state index in [0.29, 0.717) is 13.1 Å². The highest BCUT2D eigenvalue weighted by Gasteiger charge is 2.29. The van der Waals surface area contributed by atoms with Gasteiger partial charge in [-0.15, -0.1) is 11.3 Å². The minimum atomic E-state index is -3.43. The van der Waals surface area contributed by atoms with E-state index >= 15 is 0 Å². The molecule has 0 radical (unpaired) electrons. The predicted octanol–water partition coefficient (Wildman–Crippen LogP) is 3.24. The van der Waals surface area contributed by atoms with Gasteiger partial charge >= 0.3 is 0 Å². The minimum absolute atomic E-state index is 0.0382. The average molecular weight is 488 g/mol. The van der Waals surface area contributed by atoms with E-state index in [1.54, 1.807) is 40.5 Å². The first-order valence-electron chi connectivity index (χ1n) is 10.7. The fraction of sp³-hybridized carbons (Fsp3) is 0.292. The zero-order valence-electron chi connectivity index (χ0n) is 18.1. The molecule has 33 heavy (non-hydrogen) atoms. The predicted molar refractivity (Wildman–Crippen MR) is 128 cm³/mol. The third-order valence-electron chi connectivity index (χ3n) is 5.67. The van der Waals surface area contributed by atoms with Gasteiger partial charge in [0.05, 0.1) is 18.3 Å². The van der Waals surface area contributed by atoms with Crippen LogP contribution in [0.2, 0.25) is 0 Å². The number of amides is 1. The molecule has 0 bridgehead atoms. The lowest BCUT2D eigenvalue weighted by Gasteiger charge is -2.34. The third kappa shape index (κ3) is 6.05. The van der Waals surface area contributed by atoms with Crippen molar-refractivity contribution >= 4 is 27.3 Å². The monoisotopic (exact) mass is 487 g/mol. The first kappa shape index (κ1) is 23.6. The average Bonchev–Trinajstić information content (AvgIpc) is 3.35. The topological polar surface area (TPSA) is 69.7 Å². The summed E-state index contributed by atoms with van der Waals surface area (Å²) in [6.07, 6.45) is 0. The summed E-state index contributed by atoms with van der Waals surface area (Å²) in [5, 5.41) is 5.26. The summed E-state index contributed by atoms with van der Waals surface area (Å²) in [6.45, 7) is 1.39. The highest BCUT2D eigenvalue weighted by atomic mass is 32.2. The van der Waals surface area contributed by atoms with Crippen LogP contribution in [0, 0.1) is 5.82 Å². The van der Waals surface area contributed by atoms with Crippen LogP contribution in [0.15, 0.2) is 72.1 Å². The summed E-state index contributed by atoms with van der Waals surface area (Å²) in [7, 11) is -3.43. The van der Waals surface area contributed by atoms with Crippen molar-refractivity contribution in [1.29, 1.82) is 0 Å². The maximum absolute atomic E-state index is 13.4. The van der Waals surface area contributed by atoms with Crippen molar-refractivity contribution in [3.8, 4) is 0 Å². The van der Waals surface area contributed by atoms with Gasteiger partial charge in [-0.05, 0) is 34.7 Å². The number of thiophene rings is 1. The molecule has 2 aromatic carbocycles. The Morgan fingerprint density at radius 2 is 1.67 bits per heavy atom. The van der Waals surface area contributed by atoms with Gasteiger partial charge in [0, 0.05) is 31.1 Å². The Morgan fingerprint density at radius 3 is 2.30 bits per heavy atom. The van der Waals surface area contributed by atoms with Gasteiger partial charge < -0.3 is 4.90 Å². The smallest absolute Gasteiger partial charge is 0.236 e. The highest BCUT2D eigenvalue weighted by molar-refractivity contribution is 7.88. The molecule has 3 aromatic rings. The van der Waals surface area contributed by atoms with Crippen LogP contribution in [-0.2, 0) is 20.6 Å². The first-order chi connectivity index (χ1) is 15.9. The highest BCUT2D eigenvalue weighted by Crippen LogP contribution is 2.26. The van der Waals surface area contributed by atoms with Crippen molar-refractivity contribution in [3.63, 3.8) is 0 Å². The summed E-state index contributed by atoms with van der Waals surface area (Å²) < 4.78 is 40.3. The van der Waals surface area contributed by atoms with Gasteiger partial charge in [-0.3, -0.25) is 10.1 Å². The molecule has 1 aliphatic heterocycles. The van der Waals surface area contributed by atoms with Crippen LogP contribution in [-0.4, -0.2) is 56.3 Å². The van der Waals surface area contributed by atoms with Crippen molar-refractivity contribution in [2.75, 3.05) is 32.7 Å². The van der Waals surface area contributed by atoms with Crippen molar-refractivity contribution in [2.45, 2.75) is 11.8 Å². The Labute approximate surface area is 197 Å². The zero-order valence-corrected chi connectivity index (χ0v) is 19.7. The number of nitrogens with zero attached hydrogens (tertiary/aromatic N) is 2. The molecule has 6 nitrogen and oxygen atoms in total. The van der Waals surface area contributed by atoms with Crippen LogP contribution in [0.4, 0.5) is 4.39 Å². The van der Waals surface area contributed by atoms with Crippen LogP contribution >= 0.6 is 11.3 Å². The lowest BCUT2D eigenvalue weighted by molar-refractivity contribution is -0.131. The number of piperazine rings is 1. The molecule has 0 aliphatic carbocycles. The van der Waals surface area contributed by atoms with E-state index in [4.69, 9.17) is 0 Å². The zero-order chi connectivity index (χ0) is 23.3. The van der Waals surface area contributed by atoms with E-state index in [2.05, 4.69) is 5.32 Å². The van der Waals surface area contributed by atoms with Gasteiger partial charge in [0.25, 0.3) is 0 Å². The van der Waals surface area contributed by atoms with Crippen LogP contribution in [0.3, 0.4) is 0 Å². The standard InChI is InChI=1S/C24H26FN3O3S2/c25-21-10-8-20(9-11-21)24(22-7-4-16-32-22)26-17-23(29)27-12-14-28(15-13-27)33(30,31)18-19-5-2-1-3-6-19/h1-11,16,24,26H,12-15,17-18H2/t24-/m1/s1. The summed E-state index contributed by atoms with van der Waals surface area (Å²) >= 11 is 1.57. The van der Waals surface area contributed by atoms with Crippen LogP contribution < -0.4 is 5.32 Å². The number of carbonyl (C=O) groups excluding carboxylic acids is 1. The molecule has 1 fully saturated rings. The van der Waals surface area contributed by atoms with Crippen molar-refractivity contribution in [1.82, 2.24) is 14.5 Å². The number of sulfonamides is 1. The fourth-order valence-electron chi connectivity index (χ4n) is 3.89. The molecule has 0 spiro atoms. The molecule has 4 rings (SSSR count). The molecule has 1 aliphatic rings. The van der Waals surface area contributed by atoms with E-state index < -0.39 is 10.0 Å². The minimum Gasteiger partial charge on any atom is -0.339 e. The largest absolute Gasteiger partial charge is 0.339 e. The maximum atomic E-state index is 13.4. The molecule has 1 saturated heterocycles. The number of carbonyl (C=O) groups is 1. The Bertz CT molecular complexity index is 1150. The number of halogens is 1. The quantitative estimate of drug-likeness (QED) is 0.530. The normalized spacial score (nSPS) is 16.0. The molecule has 9 heteroatoms. The van der Waals surface area contributed by atoms with Crippen molar-refractivity contribution in [2.24, 2.45) is 0 Å². The van der Waals surface area contributed by atoms with E-state index in [-0.39, 0.29) is 43.2 Å². The van der Waals surface area contributed by atoms with Gasteiger partial charge in [-0.2, -0.15) is 4.31 Å². The van der Waals surface area contributed by atoms with E-state index in [9.17, 15) is 17.6 Å². The molecule has 174 valence electrons. The Kier molecular flexibility index (Phi) is 7.54. The van der Waals surface area contributed by atoms with Crippen molar-refractivity contribution < 1.29 is 17.6 Å². The second-order valence-corrected chi connectivity index (χ2v) is 10.9. The molecule has 1 aromatic heterocycles. The second kappa shape index (κ2) is 10.6. The summed E-state index contributed by atoms with van der Waals surface area (Å²) in [4.78, 5) is 15.6. The lowest BCUT2D eigenvalue weighted by Crippen LogP contribution is -2.52. The summed E-state index contributed by atoms with van der Waals surface area (Å²) in [5.74, 6) is -0.428. The van der Waals surface area contributed by atoms with Gasteiger partial charge in [-0.1, -0.05) is 48.5 Å².